The first-order valence-corrected chi connectivity index (χ1v) is 7.99. The van der Waals surface area contributed by atoms with Gasteiger partial charge in [0, 0.05) is 19.1 Å². The van der Waals surface area contributed by atoms with Crippen LogP contribution in [-0.4, -0.2) is 25.5 Å². The number of thiophene rings is 1. The van der Waals surface area contributed by atoms with E-state index >= 15 is 0 Å². The molecule has 102 valence electrons. The van der Waals surface area contributed by atoms with Crippen molar-refractivity contribution in [2.24, 2.45) is 0 Å². The van der Waals surface area contributed by atoms with Gasteiger partial charge in [-0.25, -0.2) is 0 Å². The summed E-state index contributed by atoms with van der Waals surface area (Å²) in [4.78, 5) is 2.26. The van der Waals surface area contributed by atoms with Crippen LogP contribution in [0.5, 0.6) is 0 Å². The molecule has 1 N–H and O–H groups in total. The SMILES string of the molecule is CN(C)C(CNCc1csc(Br)c1)c1ccccc1. The van der Waals surface area contributed by atoms with Crippen molar-refractivity contribution < 1.29 is 0 Å². The zero-order valence-corrected chi connectivity index (χ0v) is 13.7. The Labute approximate surface area is 127 Å². The van der Waals surface area contributed by atoms with E-state index in [0.717, 1.165) is 13.1 Å². The molecule has 2 aromatic rings. The van der Waals surface area contributed by atoms with E-state index in [9.17, 15) is 0 Å². The minimum Gasteiger partial charge on any atom is -0.311 e. The lowest BCUT2D eigenvalue weighted by molar-refractivity contribution is 0.288. The van der Waals surface area contributed by atoms with Gasteiger partial charge in [0.15, 0.2) is 0 Å². The molecule has 0 saturated heterocycles. The highest BCUT2D eigenvalue weighted by molar-refractivity contribution is 9.11. The fourth-order valence-electron chi connectivity index (χ4n) is 2.07. The van der Waals surface area contributed by atoms with Gasteiger partial charge in [-0.2, -0.15) is 0 Å². The normalized spacial score (nSPS) is 12.8. The highest BCUT2D eigenvalue weighted by atomic mass is 79.9. The van der Waals surface area contributed by atoms with Gasteiger partial charge in [0.05, 0.1) is 3.79 Å². The quantitative estimate of drug-likeness (QED) is 0.859. The fourth-order valence-corrected chi connectivity index (χ4v) is 3.27. The summed E-state index contributed by atoms with van der Waals surface area (Å²) in [6.45, 7) is 1.86. The molecule has 0 amide bonds. The molecule has 0 aliphatic carbocycles. The van der Waals surface area contributed by atoms with E-state index in [4.69, 9.17) is 0 Å². The highest BCUT2D eigenvalue weighted by Crippen LogP contribution is 2.21. The molecule has 0 spiro atoms. The Balaban J connectivity index is 1.91. The van der Waals surface area contributed by atoms with E-state index in [1.165, 1.54) is 14.9 Å². The van der Waals surface area contributed by atoms with Gasteiger partial charge >= 0.3 is 0 Å². The summed E-state index contributed by atoms with van der Waals surface area (Å²) in [5.74, 6) is 0. The molecule has 1 heterocycles. The van der Waals surface area contributed by atoms with Crippen LogP contribution in [0.2, 0.25) is 0 Å². The van der Waals surface area contributed by atoms with Gasteiger partial charge in [-0.1, -0.05) is 30.3 Å². The summed E-state index contributed by atoms with van der Waals surface area (Å²) in [6.07, 6.45) is 0. The monoisotopic (exact) mass is 338 g/mol. The molecule has 1 aromatic carbocycles. The van der Waals surface area contributed by atoms with Gasteiger partial charge in [0.2, 0.25) is 0 Å². The molecule has 1 aromatic heterocycles. The van der Waals surface area contributed by atoms with E-state index in [-0.39, 0.29) is 0 Å². The fraction of sp³-hybridized carbons (Fsp3) is 0.333. The van der Waals surface area contributed by atoms with Crippen LogP contribution in [0.1, 0.15) is 17.2 Å². The summed E-state index contributed by atoms with van der Waals surface area (Å²) in [7, 11) is 4.25. The molecule has 1 unspecified atom stereocenters. The summed E-state index contributed by atoms with van der Waals surface area (Å²) in [5, 5.41) is 5.72. The first kappa shape index (κ1) is 14.7. The van der Waals surface area contributed by atoms with Crippen LogP contribution >= 0.6 is 27.3 Å². The number of halogens is 1. The van der Waals surface area contributed by atoms with E-state index in [1.807, 2.05) is 0 Å². The first-order valence-electron chi connectivity index (χ1n) is 6.32. The largest absolute Gasteiger partial charge is 0.311 e. The minimum absolute atomic E-state index is 0.406. The van der Waals surface area contributed by atoms with Crippen molar-refractivity contribution in [1.29, 1.82) is 0 Å². The first-order chi connectivity index (χ1) is 9.16. The molecule has 0 radical (unpaired) electrons. The number of nitrogens with zero attached hydrogens (tertiary/aromatic N) is 1. The van der Waals surface area contributed by atoms with Crippen molar-refractivity contribution in [3.8, 4) is 0 Å². The summed E-state index contributed by atoms with van der Waals surface area (Å²) in [5.41, 5.74) is 2.69. The molecule has 0 aliphatic rings. The Morgan fingerprint density at radius 1 is 1.26 bits per heavy atom. The van der Waals surface area contributed by atoms with Crippen LogP contribution in [0.3, 0.4) is 0 Å². The van der Waals surface area contributed by atoms with Gasteiger partial charge in [-0.05, 0) is 52.6 Å². The lowest BCUT2D eigenvalue weighted by Gasteiger charge is -2.25. The third-order valence-electron chi connectivity index (χ3n) is 3.10. The Morgan fingerprint density at radius 2 is 2.00 bits per heavy atom. The number of likely N-dealkylation sites (N-methyl/N-ethyl adjacent to an activating group) is 1. The number of benzene rings is 1. The molecule has 1 atom stereocenters. The third kappa shape index (κ3) is 4.42. The average molecular weight is 339 g/mol. The Kier molecular flexibility index (Phi) is 5.58. The van der Waals surface area contributed by atoms with Gasteiger partial charge < -0.3 is 10.2 Å². The summed E-state index contributed by atoms with van der Waals surface area (Å²) in [6, 6.07) is 13.2. The predicted octanol–water partition coefficient (Wildman–Crippen LogP) is 3.90. The molecule has 2 nitrogen and oxygen atoms in total. The number of nitrogens with one attached hydrogen (secondary N) is 1. The lowest BCUT2D eigenvalue weighted by Crippen LogP contribution is -2.30. The summed E-state index contributed by atoms with van der Waals surface area (Å²) >= 11 is 5.23. The molecular weight excluding hydrogens is 320 g/mol. The Morgan fingerprint density at radius 3 is 2.58 bits per heavy atom. The van der Waals surface area contributed by atoms with Crippen molar-refractivity contribution in [2.75, 3.05) is 20.6 Å². The second kappa shape index (κ2) is 7.20. The number of hydrogen-bond donors (Lipinski definition) is 1. The molecule has 4 heteroatoms. The summed E-state index contributed by atoms with van der Waals surface area (Å²) < 4.78 is 1.19. The molecule has 0 fully saturated rings. The Bertz CT molecular complexity index is 496. The second-order valence-corrected chi connectivity index (χ2v) is 7.07. The molecular formula is C15H19BrN2S. The third-order valence-corrected chi connectivity index (χ3v) is 4.65. The maximum Gasteiger partial charge on any atom is 0.0701 e. The van der Waals surface area contributed by atoms with E-state index in [2.05, 4.69) is 82.0 Å². The molecule has 0 bridgehead atoms. The number of hydrogen-bond acceptors (Lipinski definition) is 3. The van der Waals surface area contributed by atoms with Crippen molar-refractivity contribution >= 4 is 27.3 Å². The van der Waals surface area contributed by atoms with Crippen molar-refractivity contribution in [2.45, 2.75) is 12.6 Å². The van der Waals surface area contributed by atoms with Gasteiger partial charge in [-0.3, -0.25) is 0 Å². The van der Waals surface area contributed by atoms with E-state index < -0.39 is 0 Å². The molecule has 0 aliphatic heterocycles. The van der Waals surface area contributed by atoms with Crippen LogP contribution in [0, 0.1) is 0 Å². The zero-order chi connectivity index (χ0) is 13.7. The van der Waals surface area contributed by atoms with E-state index in [0.29, 0.717) is 6.04 Å². The highest BCUT2D eigenvalue weighted by Gasteiger charge is 2.12. The van der Waals surface area contributed by atoms with Crippen molar-refractivity contribution in [3.63, 3.8) is 0 Å². The zero-order valence-electron chi connectivity index (χ0n) is 11.3. The lowest BCUT2D eigenvalue weighted by atomic mass is 10.1. The van der Waals surface area contributed by atoms with Gasteiger partial charge in [0.25, 0.3) is 0 Å². The maximum absolute atomic E-state index is 3.54. The standard InChI is InChI=1S/C15H19BrN2S/c1-18(2)14(13-6-4-3-5-7-13)10-17-9-12-8-15(16)19-11-12/h3-8,11,14,17H,9-10H2,1-2H3. The van der Waals surface area contributed by atoms with Gasteiger partial charge in [0.1, 0.15) is 0 Å². The van der Waals surface area contributed by atoms with Crippen molar-refractivity contribution in [1.82, 2.24) is 10.2 Å². The number of rotatable bonds is 6. The van der Waals surface area contributed by atoms with Crippen LogP contribution < -0.4 is 5.32 Å². The maximum atomic E-state index is 3.54. The van der Waals surface area contributed by atoms with Gasteiger partial charge in [-0.15, -0.1) is 11.3 Å². The van der Waals surface area contributed by atoms with Crippen LogP contribution in [-0.2, 0) is 6.54 Å². The Hall–Kier alpha value is -0.680. The van der Waals surface area contributed by atoms with E-state index in [1.54, 1.807) is 11.3 Å². The molecule has 2 rings (SSSR count). The molecule has 19 heavy (non-hydrogen) atoms. The van der Waals surface area contributed by atoms with Crippen LogP contribution in [0.15, 0.2) is 45.6 Å². The van der Waals surface area contributed by atoms with Crippen LogP contribution in [0.25, 0.3) is 0 Å². The predicted molar refractivity (Wildman–Crippen MR) is 86.6 cm³/mol. The minimum atomic E-state index is 0.406. The van der Waals surface area contributed by atoms with Crippen molar-refractivity contribution in [3.05, 3.63) is 56.7 Å². The average Bonchev–Trinajstić information content (AvgIpc) is 2.81. The topological polar surface area (TPSA) is 15.3 Å². The second-order valence-electron chi connectivity index (χ2n) is 4.78. The smallest absolute Gasteiger partial charge is 0.0701 e. The molecule has 0 saturated carbocycles. The van der Waals surface area contributed by atoms with Crippen LogP contribution in [0.4, 0.5) is 0 Å².